The van der Waals surface area contributed by atoms with Crippen LogP contribution in [0.3, 0.4) is 0 Å². The van der Waals surface area contributed by atoms with E-state index in [1.807, 2.05) is 0 Å². The van der Waals surface area contributed by atoms with Gasteiger partial charge in [-0.05, 0) is 50.5 Å². The van der Waals surface area contributed by atoms with Crippen molar-refractivity contribution < 1.29 is 4.74 Å². The summed E-state index contributed by atoms with van der Waals surface area (Å²) < 4.78 is 5.52. The van der Waals surface area contributed by atoms with Crippen molar-refractivity contribution in [3.63, 3.8) is 0 Å². The summed E-state index contributed by atoms with van der Waals surface area (Å²) in [5, 5.41) is 3.88. The third-order valence-corrected chi connectivity index (χ3v) is 4.64. The van der Waals surface area contributed by atoms with Crippen LogP contribution in [0.1, 0.15) is 43.4 Å². The maximum Gasteiger partial charge on any atom is 0.0509 e. The summed E-state index contributed by atoms with van der Waals surface area (Å²) in [6.07, 6.45) is 3.96. The minimum absolute atomic E-state index is 0.538. The van der Waals surface area contributed by atoms with Gasteiger partial charge in [0.25, 0.3) is 0 Å². The van der Waals surface area contributed by atoms with Crippen molar-refractivity contribution in [2.24, 2.45) is 11.8 Å². The molecule has 3 rings (SSSR count). The molecule has 1 N–H and O–H groups in total. The summed E-state index contributed by atoms with van der Waals surface area (Å²) in [5.74, 6) is 1.53. The van der Waals surface area contributed by atoms with Crippen LogP contribution in [0.25, 0.3) is 0 Å². The van der Waals surface area contributed by atoms with Crippen molar-refractivity contribution in [3.8, 4) is 0 Å². The molecule has 1 heterocycles. The van der Waals surface area contributed by atoms with E-state index in [4.69, 9.17) is 4.74 Å². The van der Waals surface area contributed by atoms with Crippen molar-refractivity contribution in [1.29, 1.82) is 0 Å². The Labute approximate surface area is 116 Å². The SMILES string of the molecule is Cc1ccc(C(NC(C)C2CCOC2)C2CC2)cc1. The molecule has 2 heteroatoms. The molecule has 1 aromatic carbocycles. The van der Waals surface area contributed by atoms with Crippen LogP contribution in [0.2, 0.25) is 0 Å². The van der Waals surface area contributed by atoms with Gasteiger partial charge in [0.15, 0.2) is 0 Å². The third kappa shape index (κ3) is 3.18. The van der Waals surface area contributed by atoms with Gasteiger partial charge >= 0.3 is 0 Å². The molecule has 0 radical (unpaired) electrons. The van der Waals surface area contributed by atoms with E-state index in [0.717, 1.165) is 19.1 Å². The monoisotopic (exact) mass is 259 g/mol. The highest BCUT2D eigenvalue weighted by Gasteiger charge is 2.34. The van der Waals surface area contributed by atoms with Gasteiger partial charge in [-0.25, -0.2) is 0 Å². The molecule has 0 aromatic heterocycles. The fourth-order valence-corrected chi connectivity index (χ4v) is 3.07. The fraction of sp³-hybridized carbons (Fsp3) is 0.647. The van der Waals surface area contributed by atoms with Crippen molar-refractivity contribution in [2.45, 2.75) is 45.2 Å². The molecule has 0 bridgehead atoms. The quantitative estimate of drug-likeness (QED) is 0.874. The molecule has 19 heavy (non-hydrogen) atoms. The van der Waals surface area contributed by atoms with Gasteiger partial charge in [0.05, 0.1) is 6.61 Å². The van der Waals surface area contributed by atoms with Gasteiger partial charge in [-0.3, -0.25) is 0 Å². The van der Waals surface area contributed by atoms with E-state index in [0.29, 0.717) is 18.0 Å². The highest BCUT2D eigenvalue weighted by molar-refractivity contribution is 5.25. The van der Waals surface area contributed by atoms with Gasteiger partial charge in [0, 0.05) is 18.7 Å². The average Bonchev–Trinajstić information content (AvgIpc) is 3.10. The second kappa shape index (κ2) is 5.64. The lowest BCUT2D eigenvalue weighted by Crippen LogP contribution is -2.37. The molecule has 1 aliphatic heterocycles. The lowest BCUT2D eigenvalue weighted by molar-refractivity contribution is 0.175. The standard InChI is InChI=1S/C17H25NO/c1-12-3-5-14(6-4-12)17(15-7-8-15)18-13(2)16-9-10-19-11-16/h3-6,13,15-18H,7-11H2,1-2H3. The second-order valence-electron chi connectivity index (χ2n) is 6.30. The zero-order valence-electron chi connectivity index (χ0n) is 12.1. The Hall–Kier alpha value is -0.860. The van der Waals surface area contributed by atoms with Gasteiger partial charge in [0.2, 0.25) is 0 Å². The molecular formula is C17H25NO. The Morgan fingerprint density at radius 1 is 1.11 bits per heavy atom. The Balaban J connectivity index is 1.68. The molecule has 1 aromatic rings. The number of hydrogen-bond acceptors (Lipinski definition) is 2. The summed E-state index contributed by atoms with van der Waals surface area (Å²) in [6.45, 7) is 6.35. The highest BCUT2D eigenvalue weighted by atomic mass is 16.5. The Bertz CT molecular complexity index is 404. The van der Waals surface area contributed by atoms with E-state index in [2.05, 4.69) is 43.4 Å². The Morgan fingerprint density at radius 2 is 1.84 bits per heavy atom. The number of aryl methyl sites for hydroxylation is 1. The van der Waals surface area contributed by atoms with E-state index >= 15 is 0 Å². The first-order valence-corrected chi connectivity index (χ1v) is 7.64. The summed E-state index contributed by atoms with van der Waals surface area (Å²) in [7, 11) is 0. The van der Waals surface area contributed by atoms with Crippen LogP contribution < -0.4 is 5.32 Å². The molecule has 3 unspecified atom stereocenters. The van der Waals surface area contributed by atoms with E-state index in [9.17, 15) is 0 Å². The molecule has 2 aliphatic rings. The van der Waals surface area contributed by atoms with Crippen molar-refractivity contribution in [3.05, 3.63) is 35.4 Å². The van der Waals surface area contributed by atoms with Gasteiger partial charge in [-0.1, -0.05) is 29.8 Å². The molecular weight excluding hydrogens is 234 g/mol. The van der Waals surface area contributed by atoms with Crippen molar-refractivity contribution in [2.75, 3.05) is 13.2 Å². The van der Waals surface area contributed by atoms with Crippen LogP contribution in [0.15, 0.2) is 24.3 Å². The number of benzene rings is 1. The topological polar surface area (TPSA) is 21.3 Å². The van der Waals surface area contributed by atoms with E-state index in [-0.39, 0.29) is 0 Å². The zero-order chi connectivity index (χ0) is 13.2. The van der Waals surface area contributed by atoms with Crippen LogP contribution in [0.4, 0.5) is 0 Å². The summed E-state index contributed by atoms with van der Waals surface area (Å²) >= 11 is 0. The smallest absolute Gasteiger partial charge is 0.0509 e. The molecule has 2 nitrogen and oxygen atoms in total. The Kier molecular flexibility index (Phi) is 3.90. The molecule has 1 saturated heterocycles. The van der Waals surface area contributed by atoms with Gasteiger partial charge in [-0.2, -0.15) is 0 Å². The predicted molar refractivity (Wildman–Crippen MR) is 78.2 cm³/mol. The number of ether oxygens (including phenoxy) is 1. The van der Waals surface area contributed by atoms with Crippen LogP contribution >= 0.6 is 0 Å². The first-order chi connectivity index (χ1) is 9.24. The Morgan fingerprint density at radius 3 is 2.42 bits per heavy atom. The molecule has 104 valence electrons. The first kappa shape index (κ1) is 13.1. The van der Waals surface area contributed by atoms with E-state index in [1.165, 1.54) is 30.4 Å². The van der Waals surface area contributed by atoms with Crippen LogP contribution in [-0.2, 0) is 4.74 Å². The lowest BCUT2D eigenvalue weighted by Gasteiger charge is -2.27. The normalized spacial score (nSPS) is 26.3. The van der Waals surface area contributed by atoms with Crippen molar-refractivity contribution in [1.82, 2.24) is 5.32 Å². The molecule has 3 atom stereocenters. The van der Waals surface area contributed by atoms with Crippen molar-refractivity contribution >= 4 is 0 Å². The highest BCUT2D eigenvalue weighted by Crippen LogP contribution is 2.41. The average molecular weight is 259 g/mol. The largest absolute Gasteiger partial charge is 0.381 e. The summed E-state index contributed by atoms with van der Waals surface area (Å²) in [4.78, 5) is 0. The second-order valence-corrected chi connectivity index (χ2v) is 6.30. The number of hydrogen-bond donors (Lipinski definition) is 1. The molecule has 0 amide bonds. The molecule has 1 saturated carbocycles. The minimum atomic E-state index is 0.538. The molecule has 1 aliphatic carbocycles. The molecule has 2 fully saturated rings. The van der Waals surface area contributed by atoms with Crippen LogP contribution in [-0.4, -0.2) is 19.3 Å². The zero-order valence-corrected chi connectivity index (χ0v) is 12.1. The molecule has 0 spiro atoms. The predicted octanol–water partition coefficient (Wildman–Crippen LogP) is 3.46. The number of nitrogens with one attached hydrogen (secondary N) is 1. The summed E-state index contributed by atoms with van der Waals surface area (Å²) in [6, 6.07) is 10.1. The lowest BCUT2D eigenvalue weighted by atomic mass is 9.95. The minimum Gasteiger partial charge on any atom is -0.381 e. The van der Waals surface area contributed by atoms with Crippen LogP contribution in [0.5, 0.6) is 0 Å². The van der Waals surface area contributed by atoms with E-state index in [1.54, 1.807) is 0 Å². The van der Waals surface area contributed by atoms with Crippen LogP contribution in [0, 0.1) is 18.8 Å². The number of rotatable bonds is 5. The maximum absolute atomic E-state index is 5.52. The summed E-state index contributed by atoms with van der Waals surface area (Å²) in [5.41, 5.74) is 2.80. The van der Waals surface area contributed by atoms with Gasteiger partial charge in [0.1, 0.15) is 0 Å². The first-order valence-electron chi connectivity index (χ1n) is 7.64. The van der Waals surface area contributed by atoms with E-state index < -0.39 is 0 Å². The fourth-order valence-electron chi connectivity index (χ4n) is 3.07. The van der Waals surface area contributed by atoms with Gasteiger partial charge < -0.3 is 10.1 Å². The third-order valence-electron chi connectivity index (χ3n) is 4.64. The maximum atomic E-state index is 5.52. The van der Waals surface area contributed by atoms with Gasteiger partial charge in [-0.15, -0.1) is 0 Å².